The molecule has 1 aliphatic heterocycles. The lowest BCUT2D eigenvalue weighted by molar-refractivity contribution is -0.116. The molecule has 1 heterocycles. The van der Waals surface area contributed by atoms with Crippen LogP contribution in [0, 0.1) is 0 Å². The van der Waals surface area contributed by atoms with Gasteiger partial charge in [0.2, 0.25) is 6.36 Å². The Kier molecular flexibility index (Phi) is 10.6. The van der Waals surface area contributed by atoms with Crippen molar-refractivity contribution in [2.75, 3.05) is 27.8 Å². The molecule has 0 radical (unpaired) electrons. The van der Waals surface area contributed by atoms with Gasteiger partial charge in [-0.15, -0.1) is 0 Å². The summed E-state index contributed by atoms with van der Waals surface area (Å²) in [5, 5.41) is 2.89. The molecule has 1 aromatic rings. The van der Waals surface area contributed by atoms with Crippen LogP contribution >= 0.6 is 0 Å². The Bertz CT molecular complexity index is 1100. The Morgan fingerprint density at radius 1 is 1.33 bits per heavy atom. The monoisotopic (exact) mass is 502 g/mol. The highest BCUT2D eigenvalue weighted by atomic mass is 19.2. The number of benzene rings is 1. The molecule has 1 N–H and O–H groups in total. The predicted molar refractivity (Wildman–Crippen MR) is 138 cm³/mol. The van der Waals surface area contributed by atoms with Crippen molar-refractivity contribution in [2.45, 2.75) is 32.8 Å². The second kappa shape index (κ2) is 13.4. The predicted octanol–water partition coefficient (Wildman–Crippen LogP) is 5.60. The third-order valence-electron chi connectivity index (χ3n) is 5.03. The normalized spacial score (nSPS) is 16.9. The van der Waals surface area contributed by atoms with E-state index in [0.29, 0.717) is 29.1 Å². The molecule has 0 saturated carbocycles. The number of allylic oxidation sites excluding steroid dienone is 3. The number of aliphatic imine (C=N–C) groups is 1. The van der Waals surface area contributed by atoms with Gasteiger partial charge in [-0.1, -0.05) is 31.7 Å². The van der Waals surface area contributed by atoms with Gasteiger partial charge in [-0.25, -0.2) is 18.2 Å². The molecular formula is C27H33F3N4O2. The van der Waals surface area contributed by atoms with Crippen molar-refractivity contribution in [2.24, 2.45) is 4.99 Å². The van der Waals surface area contributed by atoms with Gasteiger partial charge in [0.05, 0.1) is 11.3 Å². The number of nitrogens with zero attached hydrogens (tertiary/aromatic N) is 3. The largest absolute Gasteiger partial charge is 0.460 e. The number of carbonyl (C=O) groups is 1. The molecule has 0 bridgehead atoms. The van der Waals surface area contributed by atoms with E-state index in [1.807, 2.05) is 6.92 Å². The van der Waals surface area contributed by atoms with Gasteiger partial charge in [0.1, 0.15) is 18.2 Å². The molecule has 0 fully saturated rings. The quantitative estimate of drug-likeness (QED) is 0.316. The number of alkyl halides is 3. The fourth-order valence-electron chi connectivity index (χ4n) is 3.49. The van der Waals surface area contributed by atoms with E-state index in [-0.39, 0.29) is 16.9 Å². The highest BCUT2D eigenvalue weighted by molar-refractivity contribution is 6.00. The topological polar surface area (TPSA) is 57.2 Å². The van der Waals surface area contributed by atoms with E-state index in [2.05, 4.69) is 16.9 Å². The molecule has 2 unspecified atom stereocenters. The molecular weight excluding hydrogens is 469 g/mol. The van der Waals surface area contributed by atoms with Crippen LogP contribution in [-0.4, -0.2) is 56.1 Å². The third kappa shape index (κ3) is 7.37. The Morgan fingerprint density at radius 2 is 2.06 bits per heavy atom. The van der Waals surface area contributed by atoms with Crippen molar-refractivity contribution in [3.63, 3.8) is 0 Å². The third-order valence-corrected chi connectivity index (χ3v) is 5.03. The molecule has 2 rings (SSSR count). The SMILES string of the molecule is C=C/C(C(=O)NC(=C/N(C)C)/C(=C\CC)c1cc(C(F)CF)ccc1OC(C)F)=C1/N=CC=CN1C. The summed E-state index contributed by atoms with van der Waals surface area (Å²) in [4.78, 5) is 21.1. The Morgan fingerprint density at radius 3 is 2.61 bits per heavy atom. The van der Waals surface area contributed by atoms with Gasteiger partial charge in [0, 0.05) is 57.8 Å². The van der Waals surface area contributed by atoms with Crippen LogP contribution in [0.25, 0.3) is 5.57 Å². The van der Waals surface area contributed by atoms with E-state index in [0.717, 1.165) is 0 Å². The lowest BCUT2D eigenvalue weighted by Crippen LogP contribution is -2.29. The Labute approximate surface area is 210 Å². The molecule has 36 heavy (non-hydrogen) atoms. The van der Waals surface area contributed by atoms with Gasteiger partial charge >= 0.3 is 0 Å². The number of rotatable bonds is 11. The van der Waals surface area contributed by atoms with E-state index in [1.165, 1.54) is 31.2 Å². The summed E-state index contributed by atoms with van der Waals surface area (Å²) < 4.78 is 46.6. The molecule has 0 saturated heterocycles. The van der Waals surface area contributed by atoms with Crippen molar-refractivity contribution >= 4 is 17.7 Å². The number of carbonyl (C=O) groups excluding carboxylic acids is 1. The van der Waals surface area contributed by atoms with E-state index in [4.69, 9.17) is 4.74 Å². The van der Waals surface area contributed by atoms with Gasteiger partial charge < -0.3 is 19.9 Å². The number of halogens is 3. The second-order valence-electron chi connectivity index (χ2n) is 8.20. The van der Waals surface area contributed by atoms with Gasteiger partial charge in [-0.2, -0.15) is 0 Å². The fraction of sp³-hybridized carbons (Fsp3) is 0.333. The molecule has 1 aliphatic rings. The highest BCUT2D eigenvalue weighted by Crippen LogP contribution is 2.35. The van der Waals surface area contributed by atoms with Crippen LogP contribution < -0.4 is 10.1 Å². The number of hydrogen-bond acceptors (Lipinski definition) is 5. The first-order valence-electron chi connectivity index (χ1n) is 11.5. The zero-order chi connectivity index (χ0) is 26.8. The summed E-state index contributed by atoms with van der Waals surface area (Å²) in [5.41, 5.74) is 1.41. The maximum Gasteiger partial charge on any atom is 0.259 e. The minimum atomic E-state index is -1.86. The number of ether oxygens (including phenoxy) is 1. The molecule has 0 aromatic heterocycles. The summed E-state index contributed by atoms with van der Waals surface area (Å²) in [7, 11) is 5.29. The van der Waals surface area contributed by atoms with Crippen LogP contribution in [0.15, 0.2) is 77.5 Å². The molecule has 9 heteroatoms. The minimum absolute atomic E-state index is 0.0720. The first kappa shape index (κ1) is 28.5. The number of amides is 1. The average Bonchev–Trinajstić information content (AvgIpc) is 2.83. The first-order chi connectivity index (χ1) is 17.1. The minimum Gasteiger partial charge on any atom is -0.460 e. The van der Waals surface area contributed by atoms with Crippen LogP contribution in [0.3, 0.4) is 0 Å². The van der Waals surface area contributed by atoms with Crippen molar-refractivity contribution < 1.29 is 22.7 Å². The van der Waals surface area contributed by atoms with Crippen molar-refractivity contribution in [3.05, 3.63) is 83.6 Å². The highest BCUT2D eigenvalue weighted by Gasteiger charge is 2.22. The van der Waals surface area contributed by atoms with Crippen LogP contribution in [-0.2, 0) is 4.79 Å². The lowest BCUT2D eigenvalue weighted by Gasteiger charge is -2.23. The summed E-state index contributed by atoms with van der Waals surface area (Å²) in [6.07, 6.45) is 6.93. The van der Waals surface area contributed by atoms with Crippen LogP contribution in [0.5, 0.6) is 5.75 Å². The van der Waals surface area contributed by atoms with Crippen molar-refractivity contribution in [3.8, 4) is 5.75 Å². The van der Waals surface area contributed by atoms with Gasteiger partial charge in [-0.05, 0) is 30.2 Å². The molecule has 6 nitrogen and oxygen atoms in total. The molecule has 1 aromatic carbocycles. The van der Waals surface area contributed by atoms with Gasteiger partial charge in [0.15, 0.2) is 6.17 Å². The van der Waals surface area contributed by atoms with Crippen LogP contribution in [0.4, 0.5) is 13.2 Å². The first-order valence-corrected chi connectivity index (χ1v) is 11.5. The summed E-state index contributed by atoms with van der Waals surface area (Å²) in [5.74, 6) is 0.0391. The summed E-state index contributed by atoms with van der Waals surface area (Å²) in [6.45, 7) is 5.65. The van der Waals surface area contributed by atoms with Crippen LogP contribution in [0.1, 0.15) is 37.6 Å². The van der Waals surface area contributed by atoms with E-state index >= 15 is 0 Å². The number of nitrogens with one attached hydrogen (secondary N) is 1. The molecule has 194 valence electrons. The second-order valence-corrected chi connectivity index (χ2v) is 8.20. The van der Waals surface area contributed by atoms with E-state index in [9.17, 15) is 18.0 Å². The van der Waals surface area contributed by atoms with Gasteiger partial charge in [0.25, 0.3) is 5.91 Å². The average molecular weight is 503 g/mol. The molecule has 1 amide bonds. The van der Waals surface area contributed by atoms with Crippen molar-refractivity contribution in [1.29, 1.82) is 0 Å². The van der Waals surface area contributed by atoms with Crippen LogP contribution in [0.2, 0.25) is 0 Å². The zero-order valence-electron chi connectivity index (χ0n) is 21.3. The summed E-state index contributed by atoms with van der Waals surface area (Å²) >= 11 is 0. The number of hydrogen-bond donors (Lipinski definition) is 1. The Hall–Kier alpha value is -3.75. The maximum absolute atomic E-state index is 14.3. The molecule has 0 aliphatic carbocycles. The molecule has 0 spiro atoms. The Balaban J connectivity index is 2.65. The maximum atomic E-state index is 14.3. The standard InChI is InChI=1S/C27H33F3N4O2/c1-7-10-21(22-15-19(23(30)16-28)11-12-25(22)36-18(3)29)24(17-33(4)5)32-27(35)20(8-2)26-31-13-9-14-34(26)6/h8-15,17-18,23H,2,7,16H2,1,3-6H3,(H,32,35)/b21-10-,24-17+,26-20+. The summed E-state index contributed by atoms with van der Waals surface area (Å²) in [6, 6.07) is 4.17. The van der Waals surface area contributed by atoms with Crippen molar-refractivity contribution in [1.82, 2.24) is 15.1 Å². The smallest absolute Gasteiger partial charge is 0.259 e. The molecule has 2 atom stereocenters. The van der Waals surface area contributed by atoms with E-state index < -0.39 is 25.1 Å². The lowest BCUT2D eigenvalue weighted by atomic mass is 9.96. The van der Waals surface area contributed by atoms with Gasteiger partial charge in [-0.3, -0.25) is 4.79 Å². The fourth-order valence-corrected chi connectivity index (χ4v) is 3.49. The van der Waals surface area contributed by atoms with E-state index in [1.54, 1.807) is 61.7 Å². The zero-order valence-corrected chi connectivity index (χ0v) is 21.3.